The normalized spacial score (nSPS) is 11.3. The lowest BCUT2D eigenvalue weighted by Gasteiger charge is -1.97. The van der Waals surface area contributed by atoms with E-state index in [1.807, 2.05) is 18.4 Å². The Kier molecular flexibility index (Phi) is 2.83. The third-order valence-corrected chi connectivity index (χ3v) is 5.10. The van der Waals surface area contributed by atoms with Crippen molar-refractivity contribution in [3.05, 3.63) is 47.1 Å². The molecule has 21 heavy (non-hydrogen) atoms. The minimum atomic E-state index is -0.281. The minimum absolute atomic E-state index is 0.281. The highest BCUT2D eigenvalue weighted by Crippen LogP contribution is 2.32. The maximum atomic E-state index is 13.9. The lowest BCUT2D eigenvalue weighted by atomic mass is 10.2. The van der Waals surface area contributed by atoms with Crippen LogP contribution in [-0.2, 0) is 0 Å². The Labute approximate surface area is 127 Å². The highest BCUT2D eigenvalue weighted by atomic mass is 32.1. The molecular weight excluding hydrogens is 307 g/mol. The van der Waals surface area contributed by atoms with Crippen LogP contribution in [0.4, 0.5) is 4.39 Å². The van der Waals surface area contributed by atoms with Crippen LogP contribution in [0.25, 0.3) is 26.2 Å². The van der Waals surface area contributed by atoms with Crippen molar-refractivity contribution in [2.24, 2.45) is 0 Å². The van der Waals surface area contributed by atoms with Crippen LogP contribution >= 0.6 is 22.7 Å². The number of thiophene rings is 1. The molecule has 0 N–H and O–H groups in total. The summed E-state index contributed by atoms with van der Waals surface area (Å²) in [6.07, 6.45) is 0. The number of halogens is 1. The second-order valence-electron chi connectivity index (χ2n) is 4.54. The number of benzene rings is 1. The number of hydrogen-bond acceptors (Lipinski definition) is 5. The number of aryl methyl sites for hydroxylation is 1. The van der Waals surface area contributed by atoms with Gasteiger partial charge in [0, 0.05) is 5.56 Å². The van der Waals surface area contributed by atoms with Gasteiger partial charge in [-0.25, -0.2) is 4.39 Å². The Hall–Kier alpha value is -2.12. The van der Waals surface area contributed by atoms with E-state index in [1.54, 1.807) is 34.1 Å². The summed E-state index contributed by atoms with van der Waals surface area (Å²) in [4.78, 5) is 1.70. The summed E-state index contributed by atoms with van der Waals surface area (Å²) in [7, 11) is 0. The molecule has 3 heterocycles. The van der Waals surface area contributed by atoms with Crippen molar-refractivity contribution < 1.29 is 4.39 Å². The average Bonchev–Trinajstić information content (AvgIpc) is 3.14. The summed E-state index contributed by atoms with van der Waals surface area (Å²) in [5, 5.41) is 15.4. The molecule has 104 valence electrons. The van der Waals surface area contributed by atoms with Crippen LogP contribution in [0.3, 0.4) is 0 Å². The zero-order valence-electron chi connectivity index (χ0n) is 10.9. The van der Waals surface area contributed by atoms with E-state index in [4.69, 9.17) is 0 Å². The van der Waals surface area contributed by atoms with Gasteiger partial charge >= 0.3 is 0 Å². The van der Waals surface area contributed by atoms with E-state index in [-0.39, 0.29) is 5.82 Å². The van der Waals surface area contributed by atoms with E-state index in [2.05, 4.69) is 15.3 Å². The van der Waals surface area contributed by atoms with Crippen molar-refractivity contribution in [2.75, 3.05) is 0 Å². The van der Waals surface area contributed by atoms with Crippen molar-refractivity contribution in [1.29, 1.82) is 0 Å². The Morgan fingerprint density at radius 2 is 2.00 bits per heavy atom. The predicted molar refractivity (Wildman–Crippen MR) is 82.1 cm³/mol. The number of hydrogen-bond donors (Lipinski definition) is 0. The standard InChI is InChI=1S/C14H9FN4S2/c1-8-6-7-20-11(8)12-16-17-14-19(12)18-13(21-14)9-4-2-3-5-10(9)15/h2-7H,1H3. The molecule has 7 heteroatoms. The van der Waals surface area contributed by atoms with Crippen LogP contribution in [0.5, 0.6) is 0 Å². The molecule has 3 aromatic heterocycles. The highest BCUT2D eigenvalue weighted by Gasteiger charge is 2.17. The second kappa shape index (κ2) is 4.71. The van der Waals surface area contributed by atoms with Crippen molar-refractivity contribution in [3.8, 4) is 21.3 Å². The van der Waals surface area contributed by atoms with Gasteiger partial charge in [0.05, 0.1) is 4.88 Å². The van der Waals surface area contributed by atoms with Crippen molar-refractivity contribution in [1.82, 2.24) is 19.8 Å². The van der Waals surface area contributed by atoms with Gasteiger partial charge in [-0.1, -0.05) is 23.5 Å². The van der Waals surface area contributed by atoms with Crippen molar-refractivity contribution >= 4 is 27.6 Å². The lowest BCUT2D eigenvalue weighted by Crippen LogP contribution is -1.91. The molecule has 1 aromatic carbocycles. The molecular formula is C14H9FN4S2. The minimum Gasteiger partial charge on any atom is -0.206 e. The first kappa shape index (κ1) is 12.6. The van der Waals surface area contributed by atoms with Crippen LogP contribution in [0.15, 0.2) is 35.7 Å². The Bertz CT molecular complexity index is 937. The molecule has 0 aliphatic heterocycles. The number of nitrogens with zero attached hydrogens (tertiary/aromatic N) is 4. The fourth-order valence-electron chi connectivity index (χ4n) is 2.10. The van der Waals surface area contributed by atoms with Gasteiger partial charge in [0.15, 0.2) is 10.8 Å². The van der Waals surface area contributed by atoms with Crippen molar-refractivity contribution in [3.63, 3.8) is 0 Å². The van der Waals surface area contributed by atoms with E-state index < -0.39 is 0 Å². The van der Waals surface area contributed by atoms with Crippen LogP contribution in [-0.4, -0.2) is 19.8 Å². The molecule has 0 atom stereocenters. The van der Waals surface area contributed by atoms with Gasteiger partial charge in [-0.2, -0.15) is 9.61 Å². The van der Waals surface area contributed by atoms with E-state index in [1.165, 1.54) is 17.4 Å². The molecule has 0 bridgehead atoms. The van der Waals surface area contributed by atoms with Crippen LogP contribution in [0.2, 0.25) is 0 Å². The van der Waals surface area contributed by atoms with E-state index in [9.17, 15) is 4.39 Å². The molecule has 4 nitrogen and oxygen atoms in total. The Balaban J connectivity index is 1.91. The highest BCUT2D eigenvalue weighted by molar-refractivity contribution is 7.20. The summed E-state index contributed by atoms with van der Waals surface area (Å²) in [6.45, 7) is 2.02. The van der Waals surface area contributed by atoms with Crippen molar-refractivity contribution in [2.45, 2.75) is 6.92 Å². The monoisotopic (exact) mass is 316 g/mol. The molecule has 0 amide bonds. The fraction of sp³-hybridized carbons (Fsp3) is 0.0714. The van der Waals surface area contributed by atoms with Crippen LogP contribution < -0.4 is 0 Å². The van der Waals surface area contributed by atoms with E-state index >= 15 is 0 Å². The number of aromatic nitrogens is 4. The first-order valence-electron chi connectivity index (χ1n) is 6.25. The molecule has 4 rings (SSSR count). The SMILES string of the molecule is Cc1ccsc1-c1nnc2sc(-c3ccccc3F)nn12. The molecule has 0 fully saturated rings. The number of fused-ring (bicyclic) bond motifs is 1. The molecule has 4 aromatic rings. The third-order valence-electron chi connectivity index (χ3n) is 3.16. The van der Waals surface area contributed by atoms with Gasteiger partial charge in [-0.3, -0.25) is 0 Å². The van der Waals surface area contributed by atoms with E-state index in [0.29, 0.717) is 21.4 Å². The Morgan fingerprint density at radius 1 is 1.14 bits per heavy atom. The fourth-order valence-corrected chi connectivity index (χ4v) is 3.87. The molecule has 0 unspecified atom stereocenters. The van der Waals surface area contributed by atoms with Gasteiger partial charge < -0.3 is 0 Å². The van der Waals surface area contributed by atoms with Crippen LogP contribution in [0, 0.1) is 12.7 Å². The first-order valence-corrected chi connectivity index (χ1v) is 7.95. The first-order chi connectivity index (χ1) is 10.2. The second-order valence-corrected chi connectivity index (χ2v) is 6.41. The molecule has 0 saturated carbocycles. The summed E-state index contributed by atoms with van der Waals surface area (Å²) in [5.74, 6) is 0.424. The van der Waals surface area contributed by atoms with Gasteiger partial charge in [0.1, 0.15) is 5.82 Å². The maximum Gasteiger partial charge on any atom is 0.235 e. The van der Waals surface area contributed by atoms with E-state index in [0.717, 1.165) is 10.4 Å². The van der Waals surface area contributed by atoms with Gasteiger partial charge in [0.25, 0.3) is 0 Å². The van der Waals surface area contributed by atoms with Crippen LogP contribution in [0.1, 0.15) is 5.56 Å². The zero-order valence-corrected chi connectivity index (χ0v) is 12.6. The summed E-state index contributed by atoms with van der Waals surface area (Å²) in [5.41, 5.74) is 1.62. The Morgan fingerprint density at radius 3 is 2.76 bits per heavy atom. The molecule has 0 aliphatic carbocycles. The predicted octanol–water partition coefficient (Wildman–Crippen LogP) is 4.03. The largest absolute Gasteiger partial charge is 0.235 e. The quantitative estimate of drug-likeness (QED) is 0.561. The average molecular weight is 316 g/mol. The van der Waals surface area contributed by atoms with Gasteiger partial charge in [-0.15, -0.1) is 21.5 Å². The maximum absolute atomic E-state index is 13.9. The number of rotatable bonds is 2. The molecule has 0 spiro atoms. The summed E-state index contributed by atoms with van der Waals surface area (Å²) < 4.78 is 15.6. The smallest absolute Gasteiger partial charge is 0.206 e. The van der Waals surface area contributed by atoms with Gasteiger partial charge in [0.2, 0.25) is 4.96 Å². The zero-order chi connectivity index (χ0) is 14.4. The third kappa shape index (κ3) is 1.97. The topological polar surface area (TPSA) is 43.1 Å². The molecule has 0 radical (unpaired) electrons. The lowest BCUT2D eigenvalue weighted by molar-refractivity contribution is 0.631. The molecule has 0 saturated heterocycles. The summed E-state index contributed by atoms with van der Waals surface area (Å²) >= 11 is 2.93. The molecule has 0 aliphatic rings. The van der Waals surface area contributed by atoms with Gasteiger partial charge in [-0.05, 0) is 36.1 Å². The summed E-state index contributed by atoms with van der Waals surface area (Å²) in [6, 6.07) is 8.65.